The number of aliphatic hydroxyl groups excluding tert-OH is 1. The number of benzene rings is 1. The molecular weight excluding hydrogens is 320 g/mol. The van der Waals surface area contributed by atoms with Gasteiger partial charge < -0.3 is 15.3 Å². The van der Waals surface area contributed by atoms with Gasteiger partial charge >= 0.3 is 0 Å². The van der Waals surface area contributed by atoms with Gasteiger partial charge in [0, 0.05) is 22.8 Å². The molecule has 3 fully saturated rings. The van der Waals surface area contributed by atoms with Crippen LogP contribution in [0.3, 0.4) is 0 Å². The number of nitrogens with zero attached hydrogens (tertiary/aromatic N) is 1. The smallest absolute Gasteiger partial charge is 0.261 e. The number of piperidine rings is 3. The van der Waals surface area contributed by atoms with Gasteiger partial charge in [-0.05, 0) is 55.4 Å². The van der Waals surface area contributed by atoms with Crippen LogP contribution in [0.2, 0.25) is 0 Å². The minimum atomic E-state index is -0.143. The van der Waals surface area contributed by atoms with Gasteiger partial charge in [-0.25, -0.2) is 0 Å². The standard InChI is InChI=1S/C19H20N2O2S/c22-9-1-2-13-3-4-15-11-18(24-17(15)10-13)19(23)20-16-12-21-7-5-14(16)6-8-21/h3-4,10-11,14,16,22H,5-9,12H2,(H,20,23)/t16-/m0/s1. The lowest BCUT2D eigenvalue weighted by molar-refractivity contribution is 0.0622. The Kier molecular flexibility index (Phi) is 4.28. The number of hydrogen-bond acceptors (Lipinski definition) is 4. The fourth-order valence-corrected chi connectivity index (χ4v) is 4.74. The SMILES string of the molecule is O=C(N[C@H]1CN2CCC1CC2)c1cc2ccc(C#CCO)cc2s1. The number of amides is 1. The maximum atomic E-state index is 12.6. The Balaban J connectivity index is 1.52. The molecule has 1 amide bonds. The Morgan fingerprint density at radius 1 is 1.33 bits per heavy atom. The third kappa shape index (κ3) is 3.05. The first-order valence-corrected chi connectivity index (χ1v) is 9.21. The number of nitrogens with one attached hydrogen (secondary N) is 1. The largest absolute Gasteiger partial charge is 0.384 e. The molecule has 0 saturated carbocycles. The van der Waals surface area contributed by atoms with Crippen LogP contribution in [0.1, 0.15) is 28.1 Å². The molecule has 5 heteroatoms. The summed E-state index contributed by atoms with van der Waals surface area (Å²) in [4.78, 5) is 15.8. The third-order valence-corrected chi connectivity index (χ3v) is 6.12. The molecule has 5 rings (SSSR count). The van der Waals surface area contributed by atoms with Crippen LogP contribution in [0.15, 0.2) is 24.3 Å². The molecule has 0 radical (unpaired) electrons. The Hall–Kier alpha value is -1.87. The Morgan fingerprint density at radius 2 is 2.17 bits per heavy atom. The topological polar surface area (TPSA) is 52.6 Å². The van der Waals surface area contributed by atoms with Crippen LogP contribution in [0.5, 0.6) is 0 Å². The van der Waals surface area contributed by atoms with E-state index in [0.29, 0.717) is 5.92 Å². The first kappa shape index (κ1) is 15.6. The zero-order chi connectivity index (χ0) is 16.5. The van der Waals surface area contributed by atoms with Crippen molar-refractivity contribution in [3.05, 3.63) is 34.7 Å². The van der Waals surface area contributed by atoms with Gasteiger partial charge in [-0.15, -0.1) is 11.3 Å². The Morgan fingerprint density at radius 3 is 2.88 bits per heavy atom. The lowest BCUT2D eigenvalue weighted by Gasteiger charge is -2.44. The summed E-state index contributed by atoms with van der Waals surface area (Å²) in [5.41, 5.74) is 0.864. The predicted molar refractivity (Wildman–Crippen MR) is 96.2 cm³/mol. The highest BCUT2D eigenvalue weighted by molar-refractivity contribution is 7.20. The van der Waals surface area contributed by atoms with Crippen LogP contribution in [0.25, 0.3) is 10.1 Å². The monoisotopic (exact) mass is 340 g/mol. The molecule has 0 aliphatic carbocycles. The van der Waals surface area contributed by atoms with Crippen molar-refractivity contribution in [1.82, 2.24) is 10.2 Å². The van der Waals surface area contributed by atoms with Crippen molar-refractivity contribution < 1.29 is 9.90 Å². The zero-order valence-electron chi connectivity index (χ0n) is 13.4. The van der Waals surface area contributed by atoms with Gasteiger partial charge in [-0.3, -0.25) is 4.79 Å². The molecule has 1 aromatic heterocycles. The van der Waals surface area contributed by atoms with Crippen molar-refractivity contribution in [3.63, 3.8) is 0 Å². The van der Waals surface area contributed by atoms with Crippen molar-refractivity contribution >= 4 is 27.3 Å². The van der Waals surface area contributed by atoms with Crippen LogP contribution < -0.4 is 5.32 Å². The molecule has 1 atom stereocenters. The number of rotatable bonds is 2. The van der Waals surface area contributed by atoms with E-state index >= 15 is 0 Å². The van der Waals surface area contributed by atoms with Crippen LogP contribution in [-0.4, -0.2) is 48.2 Å². The number of thiophene rings is 1. The molecule has 2 bridgehead atoms. The van der Waals surface area contributed by atoms with Crippen LogP contribution in [-0.2, 0) is 0 Å². The van der Waals surface area contributed by atoms with E-state index in [0.717, 1.165) is 27.1 Å². The second kappa shape index (κ2) is 6.56. The zero-order valence-corrected chi connectivity index (χ0v) is 14.2. The number of aliphatic hydroxyl groups is 1. The van der Waals surface area contributed by atoms with Crippen molar-refractivity contribution in [2.75, 3.05) is 26.2 Å². The summed E-state index contributed by atoms with van der Waals surface area (Å²) in [5, 5.41) is 13.1. The molecule has 1 aromatic carbocycles. The Bertz CT molecular complexity index is 825. The number of carbonyl (C=O) groups is 1. The summed E-state index contributed by atoms with van der Waals surface area (Å²) in [6.45, 7) is 3.20. The van der Waals surface area contributed by atoms with Gasteiger partial charge in [-0.1, -0.05) is 17.9 Å². The lowest BCUT2D eigenvalue weighted by atomic mass is 9.84. The van der Waals surface area contributed by atoms with E-state index in [1.165, 1.54) is 37.3 Å². The van der Waals surface area contributed by atoms with Crippen LogP contribution in [0, 0.1) is 17.8 Å². The van der Waals surface area contributed by atoms with E-state index in [-0.39, 0.29) is 18.6 Å². The summed E-state index contributed by atoms with van der Waals surface area (Å²) in [7, 11) is 0. The highest BCUT2D eigenvalue weighted by atomic mass is 32.1. The maximum Gasteiger partial charge on any atom is 0.261 e. The maximum absolute atomic E-state index is 12.6. The van der Waals surface area contributed by atoms with E-state index in [1.54, 1.807) is 0 Å². The minimum absolute atomic E-state index is 0.0398. The van der Waals surface area contributed by atoms with Gasteiger partial charge in [0.1, 0.15) is 6.61 Å². The lowest BCUT2D eigenvalue weighted by Crippen LogP contribution is -2.57. The first-order valence-electron chi connectivity index (χ1n) is 8.39. The minimum Gasteiger partial charge on any atom is -0.384 e. The van der Waals surface area contributed by atoms with Crippen molar-refractivity contribution in [2.45, 2.75) is 18.9 Å². The summed E-state index contributed by atoms with van der Waals surface area (Å²) in [6, 6.07) is 8.13. The molecule has 0 spiro atoms. The van der Waals surface area contributed by atoms with Gasteiger partial charge in [0.25, 0.3) is 5.91 Å². The number of fused-ring (bicyclic) bond motifs is 4. The van der Waals surface area contributed by atoms with E-state index in [1.807, 2.05) is 24.3 Å². The van der Waals surface area contributed by atoms with Gasteiger partial charge in [0.2, 0.25) is 0 Å². The molecule has 124 valence electrons. The van der Waals surface area contributed by atoms with E-state index < -0.39 is 0 Å². The second-order valence-corrected chi connectivity index (χ2v) is 7.62. The Labute approximate surface area is 145 Å². The quantitative estimate of drug-likeness (QED) is 0.823. The second-order valence-electron chi connectivity index (χ2n) is 6.54. The fourth-order valence-electron chi connectivity index (χ4n) is 3.73. The fraction of sp³-hybridized carbons (Fsp3) is 0.421. The molecule has 4 heterocycles. The third-order valence-electron chi connectivity index (χ3n) is 5.03. The van der Waals surface area contributed by atoms with Gasteiger partial charge in [0.15, 0.2) is 0 Å². The average molecular weight is 340 g/mol. The van der Waals surface area contributed by atoms with Gasteiger partial charge in [0.05, 0.1) is 4.88 Å². The molecule has 4 nitrogen and oxygen atoms in total. The van der Waals surface area contributed by atoms with Crippen molar-refractivity contribution in [2.24, 2.45) is 5.92 Å². The molecule has 3 saturated heterocycles. The summed E-state index contributed by atoms with van der Waals surface area (Å²) in [6.07, 6.45) is 2.40. The number of carbonyl (C=O) groups excluding carboxylic acids is 1. The van der Waals surface area contributed by atoms with E-state index in [9.17, 15) is 4.79 Å². The van der Waals surface area contributed by atoms with Crippen LogP contribution in [0.4, 0.5) is 0 Å². The normalized spacial score (nSPS) is 25.3. The summed E-state index contributed by atoms with van der Waals surface area (Å²) < 4.78 is 1.05. The average Bonchev–Trinajstić information content (AvgIpc) is 3.04. The van der Waals surface area contributed by atoms with Crippen molar-refractivity contribution in [1.29, 1.82) is 0 Å². The molecule has 24 heavy (non-hydrogen) atoms. The molecule has 3 aliphatic heterocycles. The van der Waals surface area contributed by atoms with Crippen LogP contribution >= 0.6 is 11.3 Å². The molecular formula is C19H20N2O2S. The van der Waals surface area contributed by atoms with E-state index in [4.69, 9.17) is 5.11 Å². The molecule has 0 unspecified atom stereocenters. The molecule has 2 aromatic rings. The highest BCUT2D eigenvalue weighted by Gasteiger charge is 2.35. The summed E-state index contributed by atoms with van der Waals surface area (Å²) >= 11 is 1.51. The number of hydrogen-bond donors (Lipinski definition) is 2. The van der Waals surface area contributed by atoms with Gasteiger partial charge in [-0.2, -0.15) is 0 Å². The highest BCUT2D eigenvalue weighted by Crippen LogP contribution is 2.29. The van der Waals surface area contributed by atoms with Crippen molar-refractivity contribution in [3.8, 4) is 11.8 Å². The first-order chi connectivity index (χ1) is 11.7. The molecule has 2 N–H and O–H groups in total. The summed E-state index contributed by atoms with van der Waals surface area (Å²) in [5.74, 6) is 6.24. The van der Waals surface area contributed by atoms with E-state index in [2.05, 4.69) is 22.1 Å². The predicted octanol–water partition coefficient (Wildman–Crippen LogP) is 2.07. The molecule has 3 aliphatic rings.